The molecule has 0 spiro atoms. The standard InChI is InChI=1S/C26H27N3O3/c1-16-4-2-5-18(12-16)21-15-27-25(28-21)22-6-3-9-29(22)26(30)20-14-19(20)17-7-8-23-24(13-17)32-11-10-31-23/h2,4-5,7-8,12-13,15,19-20,22H,3,6,9-11,14H2,1H3,(H,27,28). The predicted molar refractivity (Wildman–Crippen MR) is 121 cm³/mol. The summed E-state index contributed by atoms with van der Waals surface area (Å²) in [6.45, 7) is 4.05. The molecule has 1 aliphatic carbocycles. The van der Waals surface area contributed by atoms with Crippen LogP contribution in [0, 0.1) is 12.8 Å². The third-order valence-electron chi connectivity index (χ3n) is 6.88. The second-order valence-electron chi connectivity index (χ2n) is 9.09. The van der Waals surface area contributed by atoms with Gasteiger partial charge in [-0.2, -0.15) is 0 Å². The summed E-state index contributed by atoms with van der Waals surface area (Å²) in [5.41, 5.74) is 4.52. The van der Waals surface area contributed by atoms with E-state index in [0.29, 0.717) is 13.2 Å². The maximum Gasteiger partial charge on any atom is 0.226 e. The van der Waals surface area contributed by atoms with Crippen LogP contribution in [0.4, 0.5) is 0 Å². The zero-order valence-corrected chi connectivity index (χ0v) is 18.2. The Hall–Kier alpha value is -3.28. The minimum atomic E-state index is 0.0302. The number of fused-ring (bicyclic) bond motifs is 1. The molecule has 3 aliphatic rings. The van der Waals surface area contributed by atoms with Gasteiger partial charge in [0.25, 0.3) is 0 Å². The quantitative estimate of drug-likeness (QED) is 0.657. The van der Waals surface area contributed by atoms with Crippen LogP contribution in [-0.4, -0.2) is 40.5 Å². The molecule has 1 aromatic heterocycles. The second-order valence-corrected chi connectivity index (χ2v) is 9.09. The van der Waals surface area contributed by atoms with Crippen LogP contribution in [0.25, 0.3) is 11.3 Å². The normalized spacial score (nSPS) is 23.9. The Bertz CT molecular complexity index is 1170. The third kappa shape index (κ3) is 3.44. The van der Waals surface area contributed by atoms with Crippen molar-refractivity contribution in [1.82, 2.24) is 14.9 Å². The summed E-state index contributed by atoms with van der Waals surface area (Å²) in [6.07, 6.45) is 4.75. The number of aromatic nitrogens is 2. The summed E-state index contributed by atoms with van der Waals surface area (Å²) < 4.78 is 11.4. The van der Waals surface area contributed by atoms with Crippen LogP contribution >= 0.6 is 0 Å². The van der Waals surface area contributed by atoms with Gasteiger partial charge >= 0.3 is 0 Å². The summed E-state index contributed by atoms with van der Waals surface area (Å²) in [4.78, 5) is 23.6. The van der Waals surface area contributed by atoms with Gasteiger partial charge in [0.05, 0.1) is 17.9 Å². The molecule has 2 fully saturated rings. The van der Waals surface area contributed by atoms with Gasteiger partial charge in [0.15, 0.2) is 11.5 Å². The fourth-order valence-electron chi connectivity index (χ4n) is 5.12. The molecule has 2 aromatic carbocycles. The molecule has 0 radical (unpaired) electrons. The van der Waals surface area contributed by atoms with Crippen molar-refractivity contribution in [3.63, 3.8) is 0 Å². The highest BCUT2D eigenvalue weighted by atomic mass is 16.6. The topological polar surface area (TPSA) is 67.5 Å². The number of hydrogen-bond acceptors (Lipinski definition) is 4. The highest BCUT2D eigenvalue weighted by Crippen LogP contribution is 2.51. The molecule has 3 aromatic rings. The number of aromatic amines is 1. The minimum absolute atomic E-state index is 0.0302. The first kappa shape index (κ1) is 19.4. The van der Waals surface area contributed by atoms with Gasteiger partial charge in [-0.1, -0.05) is 29.8 Å². The number of H-pyrrole nitrogens is 1. The number of aryl methyl sites for hydroxylation is 1. The fourth-order valence-corrected chi connectivity index (χ4v) is 5.12. The van der Waals surface area contributed by atoms with Gasteiger partial charge in [-0.15, -0.1) is 0 Å². The Morgan fingerprint density at radius 1 is 1.12 bits per heavy atom. The largest absolute Gasteiger partial charge is 0.486 e. The molecule has 1 saturated carbocycles. The van der Waals surface area contributed by atoms with Crippen molar-refractivity contribution in [2.45, 2.75) is 38.1 Å². The molecule has 1 amide bonds. The predicted octanol–water partition coefficient (Wildman–Crippen LogP) is 4.62. The SMILES string of the molecule is Cc1cccc(-c2cnc(C3CCCN3C(=O)C3CC3c3ccc4c(c3)OCCO4)[nH]2)c1. The van der Waals surface area contributed by atoms with Gasteiger partial charge in [-0.25, -0.2) is 4.98 Å². The van der Waals surface area contributed by atoms with E-state index in [4.69, 9.17) is 9.47 Å². The maximum absolute atomic E-state index is 13.4. The Labute approximate surface area is 187 Å². The average molecular weight is 430 g/mol. The highest BCUT2D eigenvalue weighted by molar-refractivity contribution is 5.83. The van der Waals surface area contributed by atoms with Crippen molar-refractivity contribution >= 4 is 5.91 Å². The maximum atomic E-state index is 13.4. The van der Waals surface area contributed by atoms with Crippen LogP contribution in [-0.2, 0) is 4.79 Å². The van der Waals surface area contributed by atoms with Crippen molar-refractivity contribution in [1.29, 1.82) is 0 Å². The van der Waals surface area contributed by atoms with Crippen LogP contribution in [0.5, 0.6) is 11.5 Å². The van der Waals surface area contributed by atoms with Gasteiger partial charge in [0, 0.05) is 12.5 Å². The van der Waals surface area contributed by atoms with Crippen LogP contribution in [0.1, 0.15) is 48.2 Å². The van der Waals surface area contributed by atoms with E-state index in [2.05, 4.69) is 53.3 Å². The molecule has 32 heavy (non-hydrogen) atoms. The molecule has 2 aliphatic heterocycles. The van der Waals surface area contributed by atoms with Gasteiger partial charge in [-0.05, 0) is 61.4 Å². The minimum Gasteiger partial charge on any atom is -0.486 e. The molecule has 3 atom stereocenters. The van der Waals surface area contributed by atoms with Crippen molar-refractivity contribution in [2.75, 3.05) is 19.8 Å². The van der Waals surface area contributed by atoms with E-state index in [1.807, 2.05) is 17.2 Å². The lowest BCUT2D eigenvalue weighted by Crippen LogP contribution is -2.32. The lowest BCUT2D eigenvalue weighted by Gasteiger charge is -2.23. The zero-order chi connectivity index (χ0) is 21.7. The highest BCUT2D eigenvalue weighted by Gasteiger charge is 2.48. The smallest absolute Gasteiger partial charge is 0.226 e. The Balaban J connectivity index is 1.18. The summed E-state index contributed by atoms with van der Waals surface area (Å²) in [5.74, 6) is 3.05. The van der Waals surface area contributed by atoms with Gasteiger partial charge < -0.3 is 19.4 Å². The first-order valence-electron chi connectivity index (χ1n) is 11.5. The number of hydrogen-bond donors (Lipinski definition) is 1. The molecular formula is C26H27N3O3. The van der Waals surface area contributed by atoms with Crippen LogP contribution < -0.4 is 9.47 Å². The summed E-state index contributed by atoms with van der Waals surface area (Å²) in [5, 5.41) is 0. The monoisotopic (exact) mass is 429 g/mol. The van der Waals surface area contributed by atoms with E-state index in [-0.39, 0.29) is 23.8 Å². The Morgan fingerprint density at radius 3 is 2.88 bits per heavy atom. The van der Waals surface area contributed by atoms with Crippen LogP contribution in [0.3, 0.4) is 0 Å². The van der Waals surface area contributed by atoms with Crippen molar-refractivity contribution in [2.24, 2.45) is 5.92 Å². The molecule has 6 heteroatoms. The molecule has 3 heterocycles. The van der Waals surface area contributed by atoms with E-state index < -0.39 is 0 Å². The Morgan fingerprint density at radius 2 is 2.00 bits per heavy atom. The van der Waals surface area contributed by atoms with Gasteiger partial charge in [0.1, 0.15) is 19.0 Å². The molecule has 1 saturated heterocycles. The molecule has 3 unspecified atom stereocenters. The van der Waals surface area contributed by atoms with E-state index >= 15 is 0 Å². The zero-order valence-electron chi connectivity index (χ0n) is 18.2. The first-order chi connectivity index (χ1) is 15.7. The number of ether oxygens (including phenoxy) is 2. The lowest BCUT2D eigenvalue weighted by molar-refractivity contribution is -0.133. The second kappa shape index (κ2) is 7.69. The first-order valence-corrected chi connectivity index (χ1v) is 11.5. The number of nitrogens with zero attached hydrogens (tertiary/aromatic N) is 2. The average Bonchev–Trinajstić information content (AvgIpc) is 3.21. The summed E-state index contributed by atoms with van der Waals surface area (Å²) in [6, 6.07) is 14.5. The number of amides is 1. The summed E-state index contributed by atoms with van der Waals surface area (Å²) >= 11 is 0. The number of benzene rings is 2. The van der Waals surface area contributed by atoms with Crippen molar-refractivity contribution in [3.8, 4) is 22.8 Å². The van der Waals surface area contributed by atoms with E-state index in [1.165, 1.54) is 11.1 Å². The number of rotatable bonds is 4. The number of likely N-dealkylation sites (tertiary alicyclic amines) is 1. The molecule has 6 nitrogen and oxygen atoms in total. The number of nitrogens with one attached hydrogen (secondary N) is 1. The van der Waals surface area contributed by atoms with Crippen LogP contribution in [0.15, 0.2) is 48.7 Å². The third-order valence-corrected chi connectivity index (χ3v) is 6.88. The van der Waals surface area contributed by atoms with Crippen molar-refractivity contribution < 1.29 is 14.3 Å². The molecular weight excluding hydrogens is 402 g/mol. The lowest BCUT2D eigenvalue weighted by atomic mass is 10.1. The van der Waals surface area contributed by atoms with E-state index in [1.54, 1.807) is 0 Å². The van der Waals surface area contributed by atoms with E-state index in [0.717, 1.165) is 54.4 Å². The van der Waals surface area contributed by atoms with Crippen LogP contribution in [0.2, 0.25) is 0 Å². The molecule has 6 rings (SSSR count). The van der Waals surface area contributed by atoms with Gasteiger partial charge in [0.2, 0.25) is 5.91 Å². The summed E-state index contributed by atoms with van der Waals surface area (Å²) in [7, 11) is 0. The number of carbonyl (C=O) groups is 1. The number of imidazole rings is 1. The van der Waals surface area contributed by atoms with Gasteiger partial charge in [-0.3, -0.25) is 4.79 Å². The van der Waals surface area contributed by atoms with Crippen molar-refractivity contribution in [3.05, 3.63) is 65.6 Å². The Kier molecular flexibility index (Phi) is 4.67. The molecule has 0 bridgehead atoms. The van der Waals surface area contributed by atoms with E-state index in [9.17, 15) is 4.79 Å². The number of carbonyl (C=O) groups excluding carboxylic acids is 1. The molecule has 164 valence electrons. The molecule has 1 N–H and O–H groups in total. The fraction of sp³-hybridized carbons (Fsp3) is 0.385.